The summed E-state index contributed by atoms with van der Waals surface area (Å²) < 4.78 is 0. The molecule has 6 aliphatic rings. The summed E-state index contributed by atoms with van der Waals surface area (Å²) in [7, 11) is 0. The zero-order chi connectivity index (χ0) is 21.2. The standard InChI is InChI=1S/C27H37N3O/c1-26(2)23(29-11-7-4-8-12-29)24(30(25(26)31)22-9-5-3-6-10-22)28-27-16-19-13-20(17-27)15-21(14-19)18-27/h3,5-6,9-10,19-21,23H,4,7-8,11-18H2,1-2H3/t19?,20?,21?,23-,27?/m0/s1. The van der Waals surface area contributed by atoms with Crippen molar-refractivity contribution in [2.45, 2.75) is 83.2 Å². The number of amides is 1. The Hall–Kier alpha value is -1.68. The number of likely N-dealkylation sites (tertiary alicyclic amines) is 1. The summed E-state index contributed by atoms with van der Waals surface area (Å²) in [5.74, 6) is 3.86. The molecule has 1 atom stereocenters. The van der Waals surface area contributed by atoms with E-state index in [0.717, 1.165) is 42.4 Å². The average molecular weight is 420 g/mol. The first-order chi connectivity index (χ1) is 15.0. The van der Waals surface area contributed by atoms with Gasteiger partial charge in [-0.1, -0.05) is 24.6 Å². The second kappa shape index (κ2) is 7.16. The minimum Gasteiger partial charge on any atom is -0.293 e. The highest BCUT2D eigenvalue weighted by atomic mass is 16.2. The number of hydrogen-bond donors (Lipinski definition) is 0. The van der Waals surface area contributed by atoms with E-state index in [1.165, 1.54) is 57.8 Å². The van der Waals surface area contributed by atoms with E-state index in [-0.39, 0.29) is 17.5 Å². The molecule has 31 heavy (non-hydrogen) atoms. The van der Waals surface area contributed by atoms with Crippen molar-refractivity contribution in [3.05, 3.63) is 30.3 Å². The van der Waals surface area contributed by atoms with Crippen molar-refractivity contribution in [3.8, 4) is 0 Å². The van der Waals surface area contributed by atoms with E-state index in [1.807, 2.05) is 23.1 Å². The third-order valence-corrected chi connectivity index (χ3v) is 9.04. The van der Waals surface area contributed by atoms with Gasteiger partial charge < -0.3 is 0 Å². The van der Waals surface area contributed by atoms with E-state index in [2.05, 4.69) is 30.9 Å². The zero-order valence-corrected chi connectivity index (χ0v) is 19.2. The molecule has 0 spiro atoms. The highest BCUT2D eigenvalue weighted by Crippen LogP contribution is 2.58. The van der Waals surface area contributed by atoms with E-state index >= 15 is 0 Å². The van der Waals surface area contributed by atoms with E-state index in [4.69, 9.17) is 4.99 Å². The van der Waals surface area contributed by atoms with Crippen LogP contribution in [0.4, 0.5) is 5.69 Å². The van der Waals surface area contributed by atoms with Gasteiger partial charge in [0.05, 0.1) is 22.7 Å². The molecule has 4 bridgehead atoms. The highest BCUT2D eigenvalue weighted by molar-refractivity contribution is 6.27. The fraction of sp³-hybridized carbons (Fsp3) is 0.704. The van der Waals surface area contributed by atoms with Crippen LogP contribution in [0.1, 0.15) is 71.6 Å². The van der Waals surface area contributed by atoms with Crippen LogP contribution >= 0.6 is 0 Å². The van der Waals surface area contributed by atoms with Gasteiger partial charge in [-0.2, -0.15) is 0 Å². The molecule has 166 valence electrons. The van der Waals surface area contributed by atoms with Crippen molar-refractivity contribution < 1.29 is 4.79 Å². The van der Waals surface area contributed by atoms with Crippen LogP contribution in [0.15, 0.2) is 35.3 Å². The maximum atomic E-state index is 13.9. The van der Waals surface area contributed by atoms with Crippen molar-refractivity contribution in [1.82, 2.24) is 4.90 Å². The van der Waals surface area contributed by atoms with Crippen LogP contribution in [0.2, 0.25) is 0 Å². The molecule has 1 aromatic rings. The number of piperidine rings is 1. The van der Waals surface area contributed by atoms with Crippen LogP contribution in [0.5, 0.6) is 0 Å². The Bertz CT molecular complexity index is 848. The first kappa shape index (κ1) is 20.0. The van der Waals surface area contributed by atoms with Gasteiger partial charge >= 0.3 is 0 Å². The molecule has 0 aromatic heterocycles. The maximum absolute atomic E-state index is 13.9. The molecule has 0 N–H and O–H groups in total. The summed E-state index contributed by atoms with van der Waals surface area (Å²) in [6.07, 6.45) is 11.8. The smallest absolute Gasteiger partial charge is 0.240 e. The lowest BCUT2D eigenvalue weighted by molar-refractivity contribution is -0.125. The summed E-state index contributed by atoms with van der Waals surface area (Å²) in [5, 5.41) is 0. The molecular weight excluding hydrogens is 382 g/mol. The van der Waals surface area contributed by atoms with Crippen LogP contribution in [-0.2, 0) is 4.79 Å². The number of para-hydroxylation sites is 1. The van der Waals surface area contributed by atoms with E-state index in [9.17, 15) is 4.79 Å². The van der Waals surface area contributed by atoms with Gasteiger partial charge in [0, 0.05) is 0 Å². The first-order valence-electron chi connectivity index (χ1n) is 12.7. The SMILES string of the molecule is CC1(C)C(=O)N(c2ccccc2)C(=NC23CC4CC(CC(C4)C2)C3)[C@@H]1N1CCCCC1. The molecule has 2 aliphatic heterocycles. The third kappa shape index (κ3) is 3.20. The summed E-state index contributed by atoms with van der Waals surface area (Å²) in [6.45, 7) is 6.49. The van der Waals surface area contributed by atoms with Crippen molar-refractivity contribution >= 4 is 17.4 Å². The van der Waals surface area contributed by atoms with E-state index < -0.39 is 5.41 Å². The molecule has 1 aromatic carbocycles. The number of aliphatic imine (C=N–C) groups is 1. The number of benzene rings is 1. The predicted octanol–water partition coefficient (Wildman–Crippen LogP) is 5.28. The van der Waals surface area contributed by atoms with Crippen LogP contribution in [-0.4, -0.2) is 41.3 Å². The largest absolute Gasteiger partial charge is 0.293 e. The summed E-state index contributed by atoms with van der Waals surface area (Å²) in [4.78, 5) is 24.2. The lowest BCUT2D eigenvalue weighted by Crippen LogP contribution is -2.53. The van der Waals surface area contributed by atoms with Gasteiger partial charge in [0.2, 0.25) is 5.91 Å². The second-order valence-electron chi connectivity index (χ2n) is 11.8. The van der Waals surface area contributed by atoms with Gasteiger partial charge in [-0.15, -0.1) is 0 Å². The van der Waals surface area contributed by atoms with Crippen molar-refractivity contribution in [2.24, 2.45) is 28.2 Å². The third-order valence-electron chi connectivity index (χ3n) is 9.04. The van der Waals surface area contributed by atoms with Gasteiger partial charge in [-0.05, 0) is 108 Å². The van der Waals surface area contributed by atoms with Gasteiger partial charge in [-0.3, -0.25) is 19.6 Å². The Morgan fingerprint density at radius 3 is 2.03 bits per heavy atom. The minimum absolute atomic E-state index is 0.0752. The number of hydrogen-bond acceptors (Lipinski definition) is 3. The van der Waals surface area contributed by atoms with Crippen molar-refractivity contribution in [2.75, 3.05) is 18.0 Å². The Morgan fingerprint density at radius 1 is 0.871 bits per heavy atom. The molecule has 0 unspecified atom stereocenters. The fourth-order valence-electron chi connectivity index (χ4n) is 8.13. The Balaban J connectivity index is 1.47. The molecule has 4 heteroatoms. The Morgan fingerprint density at radius 2 is 1.45 bits per heavy atom. The van der Waals surface area contributed by atoms with Crippen LogP contribution in [0.25, 0.3) is 0 Å². The fourth-order valence-corrected chi connectivity index (χ4v) is 8.13. The molecule has 1 amide bonds. The van der Waals surface area contributed by atoms with E-state index in [1.54, 1.807) is 0 Å². The van der Waals surface area contributed by atoms with Gasteiger partial charge in [-0.25, -0.2) is 0 Å². The predicted molar refractivity (Wildman–Crippen MR) is 125 cm³/mol. The maximum Gasteiger partial charge on any atom is 0.240 e. The first-order valence-corrected chi connectivity index (χ1v) is 12.7. The monoisotopic (exact) mass is 419 g/mol. The lowest BCUT2D eigenvalue weighted by Gasteiger charge is -2.55. The van der Waals surface area contributed by atoms with Crippen LogP contribution in [0.3, 0.4) is 0 Å². The number of anilines is 1. The number of nitrogens with zero attached hydrogens (tertiary/aromatic N) is 3. The van der Waals surface area contributed by atoms with Gasteiger partial charge in [0.25, 0.3) is 0 Å². The summed E-state index contributed by atoms with van der Waals surface area (Å²) >= 11 is 0. The minimum atomic E-state index is -0.450. The second-order valence-corrected chi connectivity index (χ2v) is 11.8. The summed E-state index contributed by atoms with van der Waals surface area (Å²) in [6, 6.07) is 10.4. The normalized spacial score (nSPS) is 40.8. The van der Waals surface area contributed by atoms with Gasteiger partial charge in [0.15, 0.2) is 0 Å². The molecule has 6 fully saturated rings. The molecule has 4 aliphatic carbocycles. The zero-order valence-electron chi connectivity index (χ0n) is 19.2. The molecule has 7 rings (SSSR count). The molecule has 0 radical (unpaired) electrons. The lowest BCUT2D eigenvalue weighted by atomic mass is 9.53. The topological polar surface area (TPSA) is 35.9 Å². The van der Waals surface area contributed by atoms with E-state index in [0.29, 0.717) is 0 Å². The van der Waals surface area contributed by atoms with Crippen LogP contribution < -0.4 is 4.90 Å². The van der Waals surface area contributed by atoms with Gasteiger partial charge in [0.1, 0.15) is 5.84 Å². The summed E-state index contributed by atoms with van der Waals surface area (Å²) in [5.41, 5.74) is 0.615. The Labute approximate surface area is 187 Å². The molecule has 2 heterocycles. The molecule has 2 saturated heterocycles. The molecular formula is C27H37N3O. The van der Waals surface area contributed by atoms with Crippen molar-refractivity contribution in [1.29, 1.82) is 0 Å². The molecule has 4 saturated carbocycles. The van der Waals surface area contributed by atoms with Crippen molar-refractivity contribution in [3.63, 3.8) is 0 Å². The average Bonchev–Trinajstić information content (AvgIpc) is 2.93. The number of carbonyl (C=O) groups excluding carboxylic acids is 1. The number of rotatable bonds is 3. The number of amidine groups is 1. The molecule has 4 nitrogen and oxygen atoms in total. The number of carbonyl (C=O) groups is 1. The Kier molecular flexibility index (Phi) is 4.61. The highest BCUT2D eigenvalue weighted by Gasteiger charge is 2.57. The quantitative estimate of drug-likeness (QED) is 0.668. The van der Waals surface area contributed by atoms with Crippen LogP contribution in [0, 0.1) is 23.2 Å².